The lowest BCUT2D eigenvalue weighted by atomic mass is 9.94. The monoisotopic (exact) mass is 271 g/mol. The summed E-state index contributed by atoms with van der Waals surface area (Å²) in [5, 5.41) is 7.96. The summed E-state index contributed by atoms with van der Waals surface area (Å²) in [7, 11) is 1.97. The first kappa shape index (κ1) is 14.8. The number of benzene rings is 1. The molecular weight excluding hydrogens is 246 g/mol. The van der Waals surface area contributed by atoms with E-state index >= 15 is 0 Å². The van der Waals surface area contributed by atoms with Crippen LogP contribution < -0.4 is 5.32 Å². The van der Waals surface area contributed by atoms with Crippen molar-refractivity contribution in [2.45, 2.75) is 39.2 Å². The lowest BCUT2D eigenvalue weighted by molar-refractivity contribution is 0.525. The molecule has 0 amide bonds. The van der Waals surface area contributed by atoms with Crippen LogP contribution in [0.4, 0.5) is 0 Å². The molecule has 1 unspecified atom stereocenters. The molecule has 1 N–H and O–H groups in total. The van der Waals surface area contributed by atoms with Crippen LogP contribution in [0.25, 0.3) is 0 Å². The number of aryl methyl sites for hydroxylation is 2. The normalized spacial score (nSPS) is 12.6. The van der Waals surface area contributed by atoms with Crippen molar-refractivity contribution in [1.29, 1.82) is 0 Å². The maximum atomic E-state index is 4.28. The molecule has 0 fully saturated rings. The van der Waals surface area contributed by atoms with Crippen molar-refractivity contribution in [3.63, 3.8) is 0 Å². The van der Waals surface area contributed by atoms with Gasteiger partial charge in [0, 0.05) is 19.3 Å². The van der Waals surface area contributed by atoms with Gasteiger partial charge in [-0.05, 0) is 42.5 Å². The minimum Gasteiger partial charge on any atom is -0.310 e. The molecule has 0 aliphatic rings. The van der Waals surface area contributed by atoms with Crippen molar-refractivity contribution in [3.05, 3.63) is 53.3 Å². The number of hydrogen-bond donors (Lipinski definition) is 1. The zero-order valence-electron chi connectivity index (χ0n) is 12.8. The Morgan fingerprint density at radius 3 is 2.70 bits per heavy atom. The Kier molecular flexibility index (Phi) is 5.36. The molecule has 1 aromatic heterocycles. The zero-order chi connectivity index (χ0) is 14.4. The highest BCUT2D eigenvalue weighted by molar-refractivity contribution is 5.31. The summed E-state index contributed by atoms with van der Waals surface area (Å²) in [5.74, 6) is 0. The van der Waals surface area contributed by atoms with Crippen LogP contribution in [-0.4, -0.2) is 16.3 Å². The number of aromatic nitrogens is 2. The highest BCUT2D eigenvalue weighted by Crippen LogP contribution is 2.22. The molecule has 108 valence electrons. The van der Waals surface area contributed by atoms with Gasteiger partial charge in [-0.1, -0.05) is 38.1 Å². The number of hydrogen-bond acceptors (Lipinski definition) is 2. The highest BCUT2D eigenvalue weighted by Gasteiger charge is 2.15. The molecule has 0 spiro atoms. The van der Waals surface area contributed by atoms with E-state index in [1.165, 1.54) is 16.7 Å². The molecule has 0 aliphatic heterocycles. The summed E-state index contributed by atoms with van der Waals surface area (Å²) >= 11 is 0. The Hall–Kier alpha value is -1.61. The maximum Gasteiger partial charge on any atom is 0.0522 e. The van der Waals surface area contributed by atoms with Gasteiger partial charge in [0.2, 0.25) is 0 Å². The van der Waals surface area contributed by atoms with Gasteiger partial charge in [-0.25, -0.2) is 0 Å². The van der Waals surface area contributed by atoms with Crippen LogP contribution >= 0.6 is 0 Å². The molecule has 20 heavy (non-hydrogen) atoms. The second kappa shape index (κ2) is 7.25. The van der Waals surface area contributed by atoms with Crippen LogP contribution in [0.2, 0.25) is 0 Å². The highest BCUT2D eigenvalue weighted by atomic mass is 15.2. The van der Waals surface area contributed by atoms with Gasteiger partial charge in [0.1, 0.15) is 0 Å². The van der Waals surface area contributed by atoms with Gasteiger partial charge in [0.25, 0.3) is 0 Å². The molecule has 1 atom stereocenters. The predicted octanol–water partition coefficient (Wildman–Crippen LogP) is 3.27. The summed E-state index contributed by atoms with van der Waals surface area (Å²) < 4.78 is 1.87. The predicted molar refractivity (Wildman–Crippen MR) is 83.8 cm³/mol. The molecule has 0 bridgehead atoms. The fourth-order valence-electron chi connectivity index (χ4n) is 2.62. The van der Waals surface area contributed by atoms with Crippen molar-refractivity contribution >= 4 is 0 Å². The van der Waals surface area contributed by atoms with Crippen molar-refractivity contribution in [1.82, 2.24) is 15.1 Å². The van der Waals surface area contributed by atoms with Gasteiger partial charge >= 0.3 is 0 Å². The summed E-state index contributed by atoms with van der Waals surface area (Å²) in [5.41, 5.74) is 4.14. The fraction of sp³-hybridized carbons (Fsp3) is 0.471. The molecular formula is C17H25N3. The minimum atomic E-state index is 0.371. The molecule has 2 rings (SSSR count). The van der Waals surface area contributed by atoms with Crippen molar-refractivity contribution in [2.24, 2.45) is 7.05 Å². The first-order valence-corrected chi connectivity index (χ1v) is 7.53. The van der Waals surface area contributed by atoms with Crippen LogP contribution in [0.3, 0.4) is 0 Å². The van der Waals surface area contributed by atoms with E-state index in [4.69, 9.17) is 0 Å². The second-order valence-corrected chi connectivity index (χ2v) is 5.29. The third-order valence-corrected chi connectivity index (χ3v) is 3.65. The quantitative estimate of drug-likeness (QED) is 0.837. The van der Waals surface area contributed by atoms with E-state index in [-0.39, 0.29) is 0 Å². The molecule has 0 radical (unpaired) electrons. The number of nitrogens with zero attached hydrogens (tertiary/aromatic N) is 2. The van der Waals surface area contributed by atoms with Crippen LogP contribution in [0.1, 0.15) is 43.0 Å². The van der Waals surface area contributed by atoms with E-state index in [0.717, 1.165) is 25.8 Å². The van der Waals surface area contributed by atoms with Crippen LogP contribution in [0.5, 0.6) is 0 Å². The molecule has 2 aromatic rings. The SMILES string of the molecule is CCCNC(Cc1cnn(C)c1)c1ccccc1CC. The molecule has 1 heterocycles. The first-order valence-electron chi connectivity index (χ1n) is 7.53. The molecule has 3 heteroatoms. The number of rotatable bonds is 7. The Bertz CT molecular complexity index is 531. The van der Waals surface area contributed by atoms with E-state index < -0.39 is 0 Å². The van der Waals surface area contributed by atoms with E-state index in [0.29, 0.717) is 6.04 Å². The van der Waals surface area contributed by atoms with E-state index in [2.05, 4.69) is 54.7 Å². The molecule has 0 saturated carbocycles. The number of nitrogens with one attached hydrogen (secondary N) is 1. The lowest BCUT2D eigenvalue weighted by Crippen LogP contribution is -2.25. The van der Waals surface area contributed by atoms with Crippen LogP contribution in [0.15, 0.2) is 36.7 Å². The Balaban J connectivity index is 2.22. The van der Waals surface area contributed by atoms with Crippen LogP contribution in [0, 0.1) is 0 Å². The van der Waals surface area contributed by atoms with Gasteiger partial charge in [-0.2, -0.15) is 5.10 Å². The van der Waals surface area contributed by atoms with Crippen molar-refractivity contribution in [2.75, 3.05) is 6.54 Å². The standard InChI is InChI=1S/C17H25N3/c1-4-10-18-17(11-14-12-19-20(3)13-14)16-9-7-6-8-15(16)5-2/h6-9,12-13,17-18H,4-5,10-11H2,1-3H3. The van der Waals surface area contributed by atoms with Crippen LogP contribution in [-0.2, 0) is 19.9 Å². The molecule has 1 aromatic carbocycles. The second-order valence-electron chi connectivity index (χ2n) is 5.29. The zero-order valence-corrected chi connectivity index (χ0v) is 12.8. The summed E-state index contributed by atoms with van der Waals surface area (Å²) in [6.07, 6.45) is 7.29. The maximum absolute atomic E-state index is 4.28. The smallest absolute Gasteiger partial charge is 0.0522 e. The minimum absolute atomic E-state index is 0.371. The molecule has 0 aliphatic carbocycles. The topological polar surface area (TPSA) is 29.9 Å². The average Bonchev–Trinajstić information content (AvgIpc) is 2.88. The third-order valence-electron chi connectivity index (χ3n) is 3.65. The van der Waals surface area contributed by atoms with E-state index in [9.17, 15) is 0 Å². The van der Waals surface area contributed by atoms with Gasteiger partial charge in [-0.3, -0.25) is 4.68 Å². The Morgan fingerprint density at radius 1 is 1.25 bits per heavy atom. The van der Waals surface area contributed by atoms with E-state index in [1.54, 1.807) is 0 Å². The summed E-state index contributed by atoms with van der Waals surface area (Å²) in [6, 6.07) is 9.12. The Morgan fingerprint density at radius 2 is 2.05 bits per heavy atom. The van der Waals surface area contributed by atoms with Gasteiger partial charge in [0.15, 0.2) is 0 Å². The summed E-state index contributed by atoms with van der Waals surface area (Å²) in [4.78, 5) is 0. The van der Waals surface area contributed by atoms with E-state index in [1.807, 2.05) is 17.9 Å². The third kappa shape index (κ3) is 3.70. The lowest BCUT2D eigenvalue weighted by Gasteiger charge is -2.21. The summed E-state index contributed by atoms with van der Waals surface area (Å²) in [6.45, 7) is 5.47. The first-order chi connectivity index (χ1) is 9.74. The van der Waals surface area contributed by atoms with Gasteiger partial charge in [-0.15, -0.1) is 0 Å². The fourth-order valence-corrected chi connectivity index (χ4v) is 2.62. The average molecular weight is 271 g/mol. The van der Waals surface area contributed by atoms with Gasteiger partial charge < -0.3 is 5.32 Å². The Labute approximate surface area is 122 Å². The van der Waals surface area contributed by atoms with Crippen molar-refractivity contribution < 1.29 is 0 Å². The largest absolute Gasteiger partial charge is 0.310 e. The van der Waals surface area contributed by atoms with Crippen molar-refractivity contribution in [3.8, 4) is 0 Å². The molecule has 3 nitrogen and oxygen atoms in total. The van der Waals surface area contributed by atoms with Gasteiger partial charge in [0.05, 0.1) is 6.20 Å². The molecule has 0 saturated heterocycles.